The molecule has 94 valence electrons. The molecule has 0 aliphatic heterocycles. The number of aromatic nitrogens is 3. The molecule has 0 radical (unpaired) electrons. The second-order valence-electron chi connectivity index (χ2n) is 3.58. The van der Waals surface area contributed by atoms with Crippen LogP contribution in [0.2, 0.25) is 0 Å². The van der Waals surface area contributed by atoms with Crippen LogP contribution in [0.25, 0.3) is 0 Å². The van der Waals surface area contributed by atoms with Crippen LogP contribution in [0, 0.1) is 6.92 Å². The highest BCUT2D eigenvalue weighted by Gasteiger charge is 2.14. The van der Waals surface area contributed by atoms with E-state index in [9.17, 15) is 9.90 Å². The Labute approximate surface area is 103 Å². The van der Waals surface area contributed by atoms with Crippen molar-refractivity contribution in [1.29, 1.82) is 0 Å². The first kappa shape index (κ1) is 11.9. The molecule has 0 bridgehead atoms. The number of methoxy groups -OCH3 is 1. The number of hydrogen-bond acceptors (Lipinski definition) is 5. The molecule has 1 aromatic heterocycles. The number of phenolic OH excluding ortho intramolecular Hbond substituents is 1. The van der Waals surface area contributed by atoms with E-state index in [0.717, 1.165) is 0 Å². The number of aromatic hydroxyl groups is 1. The highest BCUT2D eigenvalue weighted by Crippen LogP contribution is 2.23. The Morgan fingerprint density at radius 1 is 1.50 bits per heavy atom. The van der Waals surface area contributed by atoms with Crippen molar-refractivity contribution in [2.45, 2.75) is 6.92 Å². The first-order chi connectivity index (χ1) is 8.60. The molecule has 0 saturated heterocycles. The first-order valence-electron chi connectivity index (χ1n) is 5.17. The zero-order chi connectivity index (χ0) is 13.1. The minimum Gasteiger partial charge on any atom is -0.507 e. The molecule has 0 saturated carbocycles. The number of carbonyl (C=O) groups excluding carboxylic acids is 1. The number of rotatable bonds is 3. The maximum atomic E-state index is 11.9. The third-order valence-corrected chi connectivity index (χ3v) is 2.27. The molecule has 1 amide bonds. The number of H-pyrrole nitrogens is 1. The van der Waals surface area contributed by atoms with Crippen molar-refractivity contribution in [3.05, 3.63) is 29.6 Å². The fourth-order valence-corrected chi connectivity index (χ4v) is 1.39. The Bertz CT molecular complexity index is 579. The van der Waals surface area contributed by atoms with E-state index in [2.05, 4.69) is 20.5 Å². The highest BCUT2D eigenvalue weighted by molar-refractivity contribution is 6.05. The summed E-state index contributed by atoms with van der Waals surface area (Å²) in [5.74, 6) is 0.565. The molecule has 0 unspecified atom stereocenters. The SMILES string of the molecule is COc1ccc(O)c(C(=O)Nc2n[nH]c(C)n2)c1. The van der Waals surface area contributed by atoms with Crippen molar-refractivity contribution >= 4 is 11.9 Å². The summed E-state index contributed by atoms with van der Waals surface area (Å²) < 4.78 is 4.99. The van der Waals surface area contributed by atoms with E-state index in [1.165, 1.54) is 19.2 Å². The molecule has 0 aliphatic carbocycles. The molecular formula is C11H12N4O3. The van der Waals surface area contributed by atoms with Gasteiger partial charge in [0.2, 0.25) is 5.95 Å². The van der Waals surface area contributed by atoms with E-state index >= 15 is 0 Å². The number of benzene rings is 1. The molecule has 7 nitrogen and oxygen atoms in total. The maximum absolute atomic E-state index is 11.9. The number of carbonyl (C=O) groups is 1. The lowest BCUT2D eigenvalue weighted by molar-refractivity contribution is 0.102. The normalized spacial score (nSPS) is 10.1. The standard InChI is InChI=1S/C11H12N4O3/c1-6-12-11(15-14-6)13-10(17)8-5-7(18-2)3-4-9(8)16/h3-5,16H,1-2H3,(H2,12,13,14,15,17). The number of amides is 1. The van der Waals surface area contributed by atoms with Crippen molar-refractivity contribution in [2.24, 2.45) is 0 Å². The number of anilines is 1. The summed E-state index contributed by atoms with van der Waals surface area (Å²) in [5, 5.41) is 18.5. The quantitative estimate of drug-likeness (QED) is 0.754. The summed E-state index contributed by atoms with van der Waals surface area (Å²) in [7, 11) is 1.48. The number of nitrogens with one attached hydrogen (secondary N) is 2. The summed E-state index contributed by atoms with van der Waals surface area (Å²) in [5.41, 5.74) is 0.0943. The van der Waals surface area contributed by atoms with Gasteiger partial charge in [-0.25, -0.2) is 0 Å². The van der Waals surface area contributed by atoms with Crippen LogP contribution < -0.4 is 10.1 Å². The van der Waals surface area contributed by atoms with Crippen LogP contribution in [0.15, 0.2) is 18.2 Å². The number of aromatic amines is 1. The van der Waals surface area contributed by atoms with E-state index in [-0.39, 0.29) is 17.3 Å². The van der Waals surface area contributed by atoms with Crippen LogP contribution in [-0.4, -0.2) is 33.3 Å². The highest BCUT2D eigenvalue weighted by atomic mass is 16.5. The average Bonchev–Trinajstić information content (AvgIpc) is 2.75. The number of phenols is 1. The van der Waals surface area contributed by atoms with Gasteiger partial charge in [0.15, 0.2) is 0 Å². The molecule has 0 aliphatic rings. The van der Waals surface area contributed by atoms with Crippen molar-refractivity contribution in [3.8, 4) is 11.5 Å². The summed E-state index contributed by atoms with van der Waals surface area (Å²) in [4.78, 5) is 15.8. The van der Waals surface area contributed by atoms with Gasteiger partial charge in [-0.1, -0.05) is 0 Å². The predicted molar refractivity (Wildman–Crippen MR) is 63.7 cm³/mol. The van der Waals surface area contributed by atoms with Gasteiger partial charge in [-0.3, -0.25) is 15.2 Å². The van der Waals surface area contributed by atoms with Gasteiger partial charge in [-0.05, 0) is 25.1 Å². The summed E-state index contributed by atoms with van der Waals surface area (Å²) in [6.07, 6.45) is 0. The second-order valence-corrected chi connectivity index (χ2v) is 3.58. The van der Waals surface area contributed by atoms with Gasteiger partial charge < -0.3 is 9.84 Å². The van der Waals surface area contributed by atoms with Gasteiger partial charge in [0.1, 0.15) is 17.3 Å². The fourth-order valence-electron chi connectivity index (χ4n) is 1.39. The second kappa shape index (κ2) is 4.74. The number of aryl methyl sites for hydroxylation is 1. The van der Waals surface area contributed by atoms with Crippen LogP contribution in [-0.2, 0) is 0 Å². The Morgan fingerprint density at radius 3 is 2.89 bits per heavy atom. The Morgan fingerprint density at radius 2 is 2.28 bits per heavy atom. The van der Waals surface area contributed by atoms with Crippen LogP contribution in [0.5, 0.6) is 11.5 Å². The van der Waals surface area contributed by atoms with Crippen molar-refractivity contribution < 1.29 is 14.6 Å². The Balaban J connectivity index is 2.23. The first-order valence-corrected chi connectivity index (χ1v) is 5.17. The molecule has 2 aromatic rings. The van der Waals surface area contributed by atoms with Gasteiger partial charge in [0.05, 0.1) is 12.7 Å². The van der Waals surface area contributed by atoms with Crippen LogP contribution in [0.1, 0.15) is 16.2 Å². The minimum absolute atomic E-state index is 0.0943. The van der Waals surface area contributed by atoms with Crippen LogP contribution in [0.4, 0.5) is 5.95 Å². The molecule has 1 heterocycles. The zero-order valence-corrected chi connectivity index (χ0v) is 9.89. The number of ether oxygens (including phenoxy) is 1. The van der Waals surface area contributed by atoms with E-state index in [1.54, 1.807) is 13.0 Å². The smallest absolute Gasteiger partial charge is 0.261 e. The molecule has 7 heteroatoms. The lowest BCUT2D eigenvalue weighted by Gasteiger charge is -2.06. The van der Waals surface area contributed by atoms with E-state index in [4.69, 9.17) is 4.74 Å². The van der Waals surface area contributed by atoms with Gasteiger partial charge in [-0.15, -0.1) is 5.10 Å². The third-order valence-electron chi connectivity index (χ3n) is 2.27. The zero-order valence-electron chi connectivity index (χ0n) is 9.89. The summed E-state index contributed by atoms with van der Waals surface area (Å²) in [6, 6.07) is 4.38. The molecule has 3 N–H and O–H groups in total. The van der Waals surface area contributed by atoms with Crippen molar-refractivity contribution in [3.63, 3.8) is 0 Å². The molecule has 0 fully saturated rings. The predicted octanol–water partition coefficient (Wildman–Crippen LogP) is 1.08. The minimum atomic E-state index is -0.509. The average molecular weight is 248 g/mol. The van der Waals surface area contributed by atoms with Gasteiger partial charge >= 0.3 is 0 Å². The molecular weight excluding hydrogens is 236 g/mol. The maximum Gasteiger partial charge on any atom is 0.261 e. The third kappa shape index (κ3) is 2.40. The van der Waals surface area contributed by atoms with Gasteiger partial charge in [0.25, 0.3) is 5.91 Å². The summed E-state index contributed by atoms with van der Waals surface area (Å²) in [6.45, 7) is 1.71. The topological polar surface area (TPSA) is 100 Å². The number of nitrogens with zero attached hydrogens (tertiary/aromatic N) is 2. The largest absolute Gasteiger partial charge is 0.507 e. The van der Waals surface area contributed by atoms with Crippen LogP contribution >= 0.6 is 0 Å². The lowest BCUT2D eigenvalue weighted by atomic mass is 10.2. The molecule has 0 atom stereocenters. The van der Waals surface area contributed by atoms with Gasteiger partial charge in [-0.2, -0.15) is 4.98 Å². The molecule has 18 heavy (non-hydrogen) atoms. The van der Waals surface area contributed by atoms with E-state index < -0.39 is 5.91 Å². The van der Waals surface area contributed by atoms with Gasteiger partial charge in [0, 0.05) is 0 Å². The fraction of sp³-hybridized carbons (Fsp3) is 0.182. The van der Waals surface area contributed by atoms with E-state index in [0.29, 0.717) is 11.6 Å². The molecule has 2 rings (SSSR count). The van der Waals surface area contributed by atoms with E-state index in [1.807, 2.05) is 0 Å². The molecule has 1 aromatic carbocycles. The van der Waals surface area contributed by atoms with Crippen LogP contribution in [0.3, 0.4) is 0 Å². The monoisotopic (exact) mass is 248 g/mol. The number of hydrogen-bond donors (Lipinski definition) is 3. The molecule has 0 spiro atoms. The summed E-state index contributed by atoms with van der Waals surface area (Å²) >= 11 is 0. The Kier molecular flexibility index (Phi) is 3.13. The Hall–Kier alpha value is -2.57. The lowest BCUT2D eigenvalue weighted by Crippen LogP contribution is -2.13. The van der Waals surface area contributed by atoms with Crippen molar-refractivity contribution in [1.82, 2.24) is 15.2 Å². The van der Waals surface area contributed by atoms with Crippen molar-refractivity contribution in [2.75, 3.05) is 12.4 Å².